The molecule has 0 radical (unpaired) electrons. The van der Waals surface area contributed by atoms with Crippen molar-refractivity contribution in [3.05, 3.63) is 54.2 Å². The lowest BCUT2D eigenvalue weighted by molar-refractivity contribution is -0.113. The van der Waals surface area contributed by atoms with Crippen molar-refractivity contribution >= 4 is 23.4 Å². The number of aromatic nitrogens is 1. The number of benzene rings is 1. The average Bonchev–Trinajstić information content (AvgIpc) is 2.36. The van der Waals surface area contributed by atoms with Crippen LogP contribution in [0.4, 0.5) is 14.5 Å². The van der Waals surface area contributed by atoms with Gasteiger partial charge >= 0.3 is 0 Å². The van der Waals surface area contributed by atoms with E-state index >= 15 is 0 Å². The monoisotopic (exact) mass is 280 g/mol. The summed E-state index contributed by atoms with van der Waals surface area (Å²) >= 11 is 1.25. The van der Waals surface area contributed by atoms with E-state index in [1.807, 2.05) is 6.07 Å². The van der Waals surface area contributed by atoms with Gasteiger partial charge in [-0.15, -0.1) is 0 Å². The fourth-order valence-corrected chi connectivity index (χ4v) is 2.06. The second kappa shape index (κ2) is 6.29. The van der Waals surface area contributed by atoms with Crippen molar-refractivity contribution in [1.29, 1.82) is 0 Å². The first kappa shape index (κ1) is 13.5. The van der Waals surface area contributed by atoms with Crippen molar-refractivity contribution < 1.29 is 13.6 Å². The predicted molar refractivity (Wildman–Crippen MR) is 69.9 cm³/mol. The Bertz CT molecular complexity index is 558. The molecule has 0 aliphatic carbocycles. The number of halogens is 2. The molecule has 0 spiro atoms. The summed E-state index contributed by atoms with van der Waals surface area (Å²) in [5.41, 5.74) is 0.101. The molecule has 0 aliphatic rings. The summed E-state index contributed by atoms with van der Waals surface area (Å²) < 4.78 is 25.8. The molecule has 19 heavy (non-hydrogen) atoms. The Morgan fingerprint density at radius 1 is 1.21 bits per heavy atom. The molecule has 98 valence electrons. The lowest BCUT2D eigenvalue weighted by atomic mass is 10.3. The van der Waals surface area contributed by atoms with E-state index in [1.54, 1.807) is 18.3 Å². The number of rotatable bonds is 4. The molecular weight excluding hydrogens is 270 g/mol. The van der Waals surface area contributed by atoms with Crippen molar-refractivity contribution in [3.8, 4) is 0 Å². The normalized spacial score (nSPS) is 10.2. The Kier molecular flexibility index (Phi) is 4.46. The van der Waals surface area contributed by atoms with E-state index in [4.69, 9.17) is 0 Å². The number of amides is 1. The standard InChI is InChI=1S/C13H10F2N2OS/c14-9-5-10(15)7-11(6-9)17-12(18)8-19-13-3-1-2-4-16-13/h1-7H,8H2,(H,17,18). The number of thioether (sulfide) groups is 1. The number of anilines is 1. The Labute approximate surface area is 113 Å². The van der Waals surface area contributed by atoms with Gasteiger partial charge in [-0.25, -0.2) is 13.8 Å². The maximum absolute atomic E-state index is 12.9. The molecule has 1 amide bonds. The van der Waals surface area contributed by atoms with Crippen LogP contribution in [0, 0.1) is 11.6 Å². The van der Waals surface area contributed by atoms with Crippen LogP contribution in [0.15, 0.2) is 47.6 Å². The lowest BCUT2D eigenvalue weighted by Gasteiger charge is -2.05. The summed E-state index contributed by atoms with van der Waals surface area (Å²) in [7, 11) is 0. The molecule has 0 aliphatic heterocycles. The highest BCUT2D eigenvalue weighted by molar-refractivity contribution is 7.99. The van der Waals surface area contributed by atoms with Crippen molar-refractivity contribution in [3.63, 3.8) is 0 Å². The van der Waals surface area contributed by atoms with Gasteiger partial charge in [-0.3, -0.25) is 4.79 Å². The molecule has 0 bridgehead atoms. The molecule has 1 N–H and O–H groups in total. The van der Waals surface area contributed by atoms with Crippen LogP contribution in [-0.4, -0.2) is 16.6 Å². The van der Waals surface area contributed by atoms with Gasteiger partial charge in [0.2, 0.25) is 5.91 Å². The molecule has 1 aromatic heterocycles. The van der Waals surface area contributed by atoms with Crippen LogP contribution in [0.25, 0.3) is 0 Å². The van der Waals surface area contributed by atoms with Gasteiger partial charge in [0.05, 0.1) is 10.8 Å². The van der Waals surface area contributed by atoms with E-state index in [1.165, 1.54) is 11.8 Å². The van der Waals surface area contributed by atoms with Crippen molar-refractivity contribution in [2.75, 3.05) is 11.1 Å². The molecule has 3 nitrogen and oxygen atoms in total. The van der Waals surface area contributed by atoms with Gasteiger partial charge in [-0.2, -0.15) is 0 Å². The highest BCUT2D eigenvalue weighted by Crippen LogP contribution is 2.16. The highest BCUT2D eigenvalue weighted by Gasteiger charge is 2.06. The second-order valence-corrected chi connectivity index (χ2v) is 4.66. The van der Waals surface area contributed by atoms with E-state index in [9.17, 15) is 13.6 Å². The van der Waals surface area contributed by atoms with Crippen LogP contribution < -0.4 is 5.32 Å². The smallest absolute Gasteiger partial charge is 0.234 e. The Hall–Kier alpha value is -1.95. The quantitative estimate of drug-likeness (QED) is 0.875. The zero-order chi connectivity index (χ0) is 13.7. The fraction of sp³-hybridized carbons (Fsp3) is 0.0769. The Morgan fingerprint density at radius 3 is 2.58 bits per heavy atom. The fourth-order valence-electron chi connectivity index (χ4n) is 1.40. The van der Waals surface area contributed by atoms with E-state index in [2.05, 4.69) is 10.3 Å². The third-order valence-electron chi connectivity index (χ3n) is 2.14. The first-order valence-electron chi connectivity index (χ1n) is 5.43. The van der Waals surface area contributed by atoms with Gasteiger partial charge in [-0.05, 0) is 24.3 Å². The van der Waals surface area contributed by atoms with Crippen LogP contribution >= 0.6 is 11.8 Å². The average molecular weight is 280 g/mol. The van der Waals surface area contributed by atoms with Gasteiger partial charge < -0.3 is 5.32 Å². The maximum Gasteiger partial charge on any atom is 0.234 e. The molecule has 2 rings (SSSR count). The van der Waals surface area contributed by atoms with Gasteiger partial charge in [0.25, 0.3) is 0 Å². The van der Waals surface area contributed by atoms with Crippen molar-refractivity contribution in [2.45, 2.75) is 5.03 Å². The molecule has 1 aromatic carbocycles. The zero-order valence-electron chi connectivity index (χ0n) is 9.77. The molecule has 6 heteroatoms. The van der Waals surface area contributed by atoms with Crippen molar-refractivity contribution in [1.82, 2.24) is 4.98 Å². The molecule has 0 saturated carbocycles. The molecule has 2 aromatic rings. The summed E-state index contributed by atoms with van der Waals surface area (Å²) in [4.78, 5) is 15.7. The first-order valence-corrected chi connectivity index (χ1v) is 6.42. The number of carbonyl (C=O) groups excluding carboxylic acids is 1. The molecule has 1 heterocycles. The van der Waals surface area contributed by atoms with E-state index < -0.39 is 11.6 Å². The van der Waals surface area contributed by atoms with Gasteiger partial charge in [0.15, 0.2) is 0 Å². The number of carbonyl (C=O) groups is 1. The minimum atomic E-state index is -0.729. The SMILES string of the molecule is O=C(CSc1ccccn1)Nc1cc(F)cc(F)c1. The third-order valence-corrected chi connectivity index (χ3v) is 3.08. The summed E-state index contributed by atoms with van der Waals surface area (Å²) in [5, 5.41) is 3.14. The first-order chi connectivity index (χ1) is 9.13. The zero-order valence-corrected chi connectivity index (χ0v) is 10.6. The lowest BCUT2D eigenvalue weighted by Crippen LogP contribution is -2.14. The van der Waals surface area contributed by atoms with Gasteiger partial charge in [0, 0.05) is 18.0 Å². The summed E-state index contributed by atoms with van der Waals surface area (Å²) in [6.07, 6.45) is 1.63. The molecule has 0 atom stereocenters. The summed E-state index contributed by atoms with van der Waals surface area (Å²) in [6, 6.07) is 8.24. The topological polar surface area (TPSA) is 42.0 Å². The van der Waals surface area contributed by atoms with Crippen LogP contribution in [0.5, 0.6) is 0 Å². The van der Waals surface area contributed by atoms with E-state index in [0.717, 1.165) is 18.2 Å². The van der Waals surface area contributed by atoms with Crippen LogP contribution in [0.3, 0.4) is 0 Å². The van der Waals surface area contributed by atoms with Gasteiger partial charge in [-0.1, -0.05) is 17.8 Å². The second-order valence-electron chi connectivity index (χ2n) is 3.66. The number of nitrogens with zero attached hydrogens (tertiary/aromatic N) is 1. The van der Waals surface area contributed by atoms with Crippen LogP contribution in [-0.2, 0) is 4.79 Å². The Balaban J connectivity index is 1.91. The predicted octanol–water partition coefficient (Wildman–Crippen LogP) is 3.09. The molecular formula is C13H10F2N2OS. The minimum absolute atomic E-state index is 0.101. The summed E-state index contributed by atoms with van der Waals surface area (Å²) in [5.74, 6) is -1.68. The minimum Gasteiger partial charge on any atom is -0.325 e. The maximum atomic E-state index is 12.9. The number of hydrogen-bond donors (Lipinski definition) is 1. The number of hydrogen-bond acceptors (Lipinski definition) is 3. The van der Waals surface area contributed by atoms with Gasteiger partial charge in [0.1, 0.15) is 11.6 Å². The number of nitrogens with one attached hydrogen (secondary N) is 1. The van der Waals surface area contributed by atoms with Crippen LogP contribution in [0.1, 0.15) is 0 Å². The largest absolute Gasteiger partial charge is 0.325 e. The van der Waals surface area contributed by atoms with E-state index in [-0.39, 0.29) is 17.3 Å². The molecule has 0 unspecified atom stereocenters. The Morgan fingerprint density at radius 2 is 1.95 bits per heavy atom. The van der Waals surface area contributed by atoms with E-state index in [0.29, 0.717) is 5.03 Å². The highest BCUT2D eigenvalue weighted by atomic mass is 32.2. The van der Waals surface area contributed by atoms with Crippen LogP contribution in [0.2, 0.25) is 0 Å². The number of pyridine rings is 1. The third kappa shape index (κ3) is 4.33. The van der Waals surface area contributed by atoms with Crippen molar-refractivity contribution in [2.24, 2.45) is 0 Å². The molecule has 0 fully saturated rings. The molecule has 0 saturated heterocycles. The summed E-state index contributed by atoms with van der Waals surface area (Å²) in [6.45, 7) is 0.